The van der Waals surface area contributed by atoms with Gasteiger partial charge in [0, 0.05) is 29.0 Å². The Morgan fingerprint density at radius 2 is 2.05 bits per heavy atom. The first kappa shape index (κ1) is 14.0. The minimum atomic E-state index is -0.583. The lowest BCUT2D eigenvalue weighted by Gasteiger charge is -2.21. The standard InChI is InChI=1S/C15H19NO2S/c1-5-18-14(17)15(2,3)19-13-10-16(4)12-9-7-6-8-11(12)13/h6-10H,5H2,1-4H3. The van der Waals surface area contributed by atoms with Gasteiger partial charge in [-0.25, -0.2) is 0 Å². The third-order valence-corrected chi connectivity index (χ3v) is 4.21. The smallest absolute Gasteiger partial charge is 0.321 e. The molecule has 0 atom stereocenters. The molecule has 19 heavy (non-hydrogen) atoms. The van der Waals surface area contributed by atoms with Crippen molar-refractivity contribution in [3.63, 3.8) is 0 Å². The fourth-order valence-corrected chi connectivity index (χ4v) is 3.19. The van der Waals surface area contributed by atoms with E-state index in [1.54, 1.807) is 11.8 Å². The molecule has 102 valence electrons. The summed E-state index contributed by atoms with van der Waals surface area (Å²) in [6.07, 6.45) is 2.07. The fourth-order valence-electron chi connectivity index (χ4n) is 2.01. The van der Waals surface area contributed by atoms with Crippen LogP contribution >= 0.6 is 11.8 Å². The van der Waals surface area contributed by atoms with Crippen LogP contribution in [0.25, 0.3) is 10.9 Å². The third-order valence-electron chi connectivity index (χ3n) is 2.99. The minimum absolute atomic E-state index is 0.173. The van der Waals surface area contributed by atoms with E-state index in [9.17, 15) is 4.79 Å². The molecular formula is C15H19NO2S. The topological polar surface area (TPSA) is 31.2 Å². The number of thioether (sulfide) groups is 1. The van der Waals surface area contributed by atoms with E-state index in [0.717, 1.165) is 4.90 Å². The Morgan fingerprint density at radius 3 is 2.74 bits per heavy atom. The van der Waals surface area contributed by atoms with Crippen molar-refractivity contribution in [2.24, 2.45) is 7.05 Å². The number of benzene rings is 1. The number of aryl methyl sites for hydroxylation is 1. The second kappa shape index (κ2) is 5.29. The Morgan fingerprint density at radius 1 is 1.37 bits per heavy atom. The normalized spacial score (nSPS) is 11.8. The van der Waals surface area contributed by atoms with E-state index < -0.39 is 4.75 Å². The van der Waals surface area contributed by atoms with Crippen LogP contribution in [0.5, 0.6) is 0 Å². The van der Waals surface area contributed by atoms with Crippen LogP contribution in [0.15, 0.2) is 35.4 Å². The van der Waals surface area contributed by atoms with Crippen molar-refractivity contribution in [3.05, 3.63) is 30.5 Å². The van der Waals surface area contributed by atoms with Crippen LogP contribution in [0.4, 0.5) is 0 Å². The van der Waals surface area contributed by atoms with Crippen LogP contribution in [0.3, 0.4) is 0 Å². The van der Waals surface area contributed by atoms with Crippen LogP contribution in [0, 0.1) is 0 Å². The SMILES string of the molecule is CCOC(=O)C(C)(C)Sc1cn(C)c2ccccc12. The third kappa shape index (κ3) is 2.78. The second-order valence-corrected chi connectivity index (χ2v) is 6.62. The molecule has 0 unspecified atom stereocenters. The Kier molecular flexibility index (Phi) is 3.90. The van der Waals surface area contributed by atoms with Crippen molar-refractivity contribution in [1.82, 2.24) is 4.57 Å². The van der Waals surface area contributed by atoms with Gasteiger partial charge in [-0.2, -0.15) is 0 Å². The predicted octanol–water partition coefficient (Wildman–Crippen LogP) is 3.61. The first-order valence-corrected chi connectivity index (χ1v) is 7.17. The molecule has 0 fully saturated rings. The maximum absolute atomic E-state index is 12.0. The van der Waals surface area contributed by atoms with Crippen molar-refractivity contribution in [2.45, 2.75) is 30.4 Å². The number of carbonyl (C=O) groups is 1. The van der Waals surface area contributed by atoms with Gasteiger partial charge in [0.25, 0.3) is 0 Å². The monoisotopic (exact) mass is 277 g/mol. The maximum Gasteiger partial charge on any atom is 0.321 e. The van der Waals surface area contributed by atoms with Gasteiger partial charge in [-0.1, -0.05) is 18.2 Å². The van der Waals surface area contributed by atoms with Crippen molar-refractivity contribution in [3.8, 4) is 0 Å². The summed E-state index contributed by atoms with van der Waals surface area (Å²) >= 11 is 1.55. The number of hydrogen-bond acceptors (Lipinski definition) is 3. The molecule has 4 heteroatoms. The maximum atomic E-state index is 12.0. The summed E-state index contributed by atoms with van der Waals surface area (Å²) < 4.78 is 6.63. The van der Waals surface area contributed by atoms with Gasteiger partial charge in [-0.05, 0) is 26.8 Å². The Labute approximate surface area is 117 Å². The number of aromatic nitrogens is 1. The molecule has 2 rings (SSSR count). The Balaban J connectivity index is 2.33. The number of ether oxygens (including phenoxy) is 1. The number of para-hydroxylation sites is 1. The predicted molar refractivity (Wildman–Crippen MR) is 79.5 cm³/mol. The van der Waals surface area contributed by atoms with E-state index in [1.165, 1.54) is 10.9 Å². The summed E-state index contributed by atoms with van der Waals surface area (Å²) in [4.78, 5) is 13.1. The molecule has 0 amide bonds. The lowest BCUT2D eigenvalue weighted by molar-refractivity contribution is -0.145. The van der Waals surface area contributed by atoms with Gasteiger partial charge in [0.1, 0.15) is 4.75 Å². The van der Waals surface area contributed by atoms with Crippen molar-refractivity contribution in [2.75, 3.05) is 6.61 Å². The molecule has 0 saturated heterocycles. The summed E-state index contributed by atoms with van der Waals surface area (Å²) in [5.41, 5.74) is 1.17. The van der Waals surface area contributed by atoms with E-state index in [2.05, 4.69) is 22.9 Å². The summed E-state index contributed by atoms with van der Waals surface area (Å²) in [5, 5.41) is 1.17. The second-order valence-electron chi connectivity index (χ2n) is 4.95. The summed E-state index contributed by atoms with van der Waals surface area (Å²) in [5.74, 6) is -0.173. The average Bonchev–Trinajstić information content (AvgIpc) is 2.67. The number of rotatable bonds is 4. The summed E-state index contributed by atoms with van der Waals surface area (Å²) in [6.45, 7) is 6.05. The van der Waals surface area contributed by atoms with E-state index >= 15 is 0 Å². The van der Waals surface area contributed by atoms with Crippen molar-refractivity contribution < 1.29 is 9.53 Å². The van der Waals surface area contributed by atoms with Crippen molar-refractivity contribution >= 4 is 28.6 Å². The molecule has 0 bridgehead atoms. The average molecular weight is 277 g/mol. The highest BCUT2D eigenvalue weighted by Gasteiger charge is 2.31. The van der Waals surface area contributed by atoms with Crippen LogP contribution in [-0.2, 0) is 16.6 Å². The highest BCUT2D eigenvalue weighted by Crippen LogP contribution is 2.38. The molecule has 0 spiro atoms. The van der Waals surface area contributed by atoms with E-state index in [4.69, 9.17) is 4.74 Å². The van der Waals surface area contributed by atoms with Gasteiger partial charge < -0.3 is 9.30 Å². The van der Waals surface area contributed by atoms with Crippen LogP contribution in [0.2, 0.25) is 0 Å². The molecule has 0 aliphatic heterocycles. The number of hydrogen-bond donors (Lipinski definition) is 0. The van der Waals surface area contributed by atoms with E-state index in [0.29, 0.717) is 6.61 Å². The van der Waals surface area contributed by atoms with Crippen LogP contribution in [0.1, 0.15) is 20.8 Å². The highest BCUT2D eigenvalue weighted by atomic mass is 32.2. The zero-order chi connectivity index (χ0) is 14.0. The number of fused-ring (bicyclic) bond motifs is 1. The number of nitrogens with zero attached hydrogens (tertiary/aromatic N) is 1. The molecule has 0 N–H and O–H groups in total. The quantitative estimate of drug-likeness (QED) is 0.632. The molecule has 1 aromatic carbocycles. The molecule has 0 aliphatic rings. The highest BCUT2D eigenvalue weighted by molar-refractivity contribution is 8.01. The van der Waals surface area contributed by atoms with Crippen LogP contribution < -0.4 is 0 Å². The molecule has 3 nitrogen and oxygen atoms in total. The van der Waals surface area contributed by atoms with E-state index in [-0.39, 0.29) is 5.97 Å². The number of esters is 1. The Hall–Kier alpha value is -1.42. The zero-order valence-corrected chi connectivity index (χ0v) is 12.6. The van der Waals surface area contributed by atoms with Gasteiger partial charge >= 0.3 is 5.97 Å². The first-order chi connectivity index (χ1) is 8.95. The van der Waals surface area contributed by atoms with E-state index in [1.807, 2.05) is 40.0 Å². The number of carbonyl (C=O) groups excluding carboxylic acids is 1. The molecular weight excluding hydrogens is 258 g/mol. The van der Waals surface area contributed by atoms with Gasteiger partial charge in [-0.15, -0.1) is 11.8 Å². The first-order valence-electron chi connectivity index (χ1n) is 6.36. The Bertz CT molecular complexity index is 601. The van der Waals surface area contributed by atoms with Crippen LogP contribution in [-0.4, -0.2) is 21.9 Å². The minimum Gasteiger partial charge on any atom is -0.465 e. The molecule has 0 radical (unpaired) electrons. The van der Waals surface area contributed by atoms with Gasteiger partial charge in [0.15, 0.2) is 0 Å². The van der Waals surface area contributed by atoms with Crippen molar-refractivity contribution in [1.29, 1.82) is 0 Å². The largest absolute Gasteiger partial charge is 0.465 e. The lowest BCUT2D eigenvalue weighted by atomic mass is 10.2. The zero-order valence-electron chi connectivity index (χ0n) is 11.8. The summed E-state index contributed by atoms with van der Waals surface area (Å²) in [7, 11) is 2.02. The molecule has 1 heterocycles. The fraction of sp³-hybridized carbons (Fsp3) is 0.400. The van der Waals surface area contributed by atoms with Gasteiger partial charge in [0.2, 0.25) is 0 Å². The molecule has 0 saturated carbocycles. The summed E-state index contributed by atoms with van der Waals surface area (Å²) in [6, 6.07) is 8.20. The molecule has 1 aromatic heterocycles. The van der Waals surface area contributed by atoms with Gasteiger partial charge in [0.05, 0.1) is 6.61 Å². The lowest BCUT2D eigenvalue weighted by Crippen LogP contribution is -2.29. The molecule has 2 aromatic rings. The van der Waals surface area contributed by atoms with Gasteiger partial charge in [-0.3, -0.25) is 4.79 Å². The molecule has 0 aliphatic carbocycles.